The van der Waals surface area contributed by atoms with Crippen molar-refractivity contribution >= 4 is 51.6 Å². The molecule has 12 nitrogen and oxygen atoms in total. The minimum atomic E-state index is -0.756. The second-order valence-corrected chi connectivity index (χ2v) is 13.0. The van der Waals surface area contributed by atoms with E-state index in [2.05, 4.69) is 16.0 Å². The van der Waals surface area contributed by atoms with Crippen LogP contribution in [0, 0.1) is 0 Å². The molecule has 0 aromatic heterocycles. The van der Waals surface area contributed by atoms with Crippen LogP contribution in [0.3, 0.4) is 0 Å². The lowest BCUT2D eigenvalue weighted by Crippen LogP contribution is -2.26. The van der Waals surface area contributed by atoms with E-state index in [1.807, 2.05) is 0 Å². The average Bonchev–Trinajstić information content (AvgIpc) is 3.05. The molecule has 260 valence electrons. The van der Waals surface area contributed by atoms with Crippen molar-refractivity contribution in [3.63, 3.8) is 0 Å². The normalized spacial score (nSPS) is 10.8. The van der Waals surface area contributed by atoms with Gasteiger partial charge < -0.3 is 35.3 Å². The molecule has 14 heteroatoms. The maximum absolute atomic E-state index is 12.1. The third-order valence-corrected chi connectivity index (χ3v) is 8.80. The fraction of sp³-hybridized carbons (Fsp3) is 0.656. The van der Waals surface area contributed by atoms with Gasteiger partial charge >= 0.3 is 5.97 Å². The summed E-state index contributed by atoms with van der Waals surface area (Å²) in [5.41, 5.74) is 1.05. The highest BCUT2D eigenvalue weighted by atomic mass is 33.1. The van der Waals surface area contributed by atoms with Crippen LogP contribution in [0.5, 0.6) is 0 Å². The molecule has 46 heavy (non-hydrogen) atoms. The molecule has 0 unspecified atom stereocenters. The molecule has 1 aromatic carbocycles. The topological polar surface area (TPSA) is 169 Å². The van der Waals surface area contributed by atoms with E-state index in [4.69, 9.17) is 19.3 Å². The largest absolute Gasteiger partial charge is 0.481 e. The number of rotatable bonds is 31. The van der Waals surface area contributed by atoms with Crippen LogP contribution in [-0.4, -0.2) is 106 Å². The molecule has 0 spiro atoms. The van der Waals surface area contributed by atoms with Gasteiger partial charge in [0.05, 0.1) is 26.4 Å². The number of aldehydes is 1. The second-order valence-electron chi connectivity index (χ2n) is 10.3. The van der Waals surface area contributed by atoms with Gasteiger partial charge in [-0.2, -0.15) is 0 Å². The molecular weight excluding hydrogens is 634 g/mol. The van der Waals surface area contributed by atoms with Crippen molar-refractivity contribution in [2.24, 2.45) is 0 Å². The number of ether oxygens (including phenoxy) is 3. The van der Waals surface area contributed by atoms with Gasteiger partial charge in [0.25, 0.3) is 5.91 Å². The van der Waals surface area contributed by atoms with Gasteiger partial charge in [-0.25, -0.2) is 0 Å². The molecule has 0 aliphatic heterocycles. The van der Waals surface area contributed by atoms with Crippen LogP contribution < -0.4 is 16.0 Å². The summed E-state index contributed by atoms with van der Waals surface area (Å²) in [6.45, 7) is 4.64. The molecule has 0 fully saturated rings. The van der Waals surface area contributed by atoms with Crippen LogP contribution in [-0.2, 0) is 28.6 Å². The van der Waals surface area contributed by atoms with Gasteiger partial charge in [0.15, 0.2) is 0 Å². The summed E-state index contributed by atoms with van der Waals surface area (Å²) in [5, 5.41) is 17.2. The van der Waals surface area contributed by atoms with E-state index >= 15 is 0 Å². The number of carboxylic acids is 1. The standard InChI is InChI=1S/C32H51N3O9S2/c36-26-27-10-12-28(13-11-27)32(41)35-17-25-46-45-24-14-30(38)34-16-7-19-43-21-23-44-22-20-42-18-6-15-33-29(37)8-4-2-1-3-5-9-31(39)40/h10-13,26H,1-9,14-25H2,(H,33,37)(H,34,38)(H,35,41)(H,39,40). The van der Waals surface area contributed by atoms with E-state index in [-0.39, 0.29) is 24.1 Å². The second kappa shape index (κ2) is 29.7. The summed E-state index contributed by atoms with van der Waals surface area (Å²) < 4.78 is 16.5. The molecule has 4 N–H and O–H groups in total. The Hall–Kier alpha value is -2.65. The van der Waals surface area contributed by atoms with Crippen LogP contribution in [0.4, 0.5) is 0 Å². The predicted molar refractivity (Wildman–Crippen MR) is 181 cm³/mol. The smallest absolute Gasteiger partial charge is 0.303 e. The van der Waals surface area contributed by atoms with Crippen molar-refractivity contribution in [1.29, 1.82) is 0 Å². The molecule has 0 saturated heterocycles. The molecule has 0 aliphatic rings. The lowest BCUT2D eigenvalue weighted by molar-refractivity contribution is -0.137. The van der Waals surface area contributed by atoms with Gasteiger partial charge in [-0.1, -0.05) is 53.0 Å². The van der Waals surface area contributed by atoms with Crippen LogP contribution in [0.25, 0.3) is 0 Å². The number of benzene rings is 1. The Kier molecular flexibility index (Phi) is 26.7. The van der Waals surface area contributed by atoms with E-state index in [9.17, 15) is 24.0 Å². The summed E-state index contributed by atoms with van der Waals surface area (Å²) in [4.78, 5) is 56.9. The molecule has 0 radical (unpaired) electrons. The average molecular weight is 686 g/mol. The summed E-state index contributed by atoms with van der Waals surface area (Å²) in [6.07, 6.45) is 7.65. The first-order valence-corrected chi connectivity index (χ1v) is 18.5. The SMILES string of the molecule is O=Cc1ccc(C(=O)NCCSSCCC(=O)NCCCOCCOCCOCCCNC(=O)CCCCCCCC(=O)O)cc1. The number of hydrogen-bond acceptors (Lipinski definition) is 10. The minimum Gasteiger partial charge on any atom is -0.481 e. The van der Waals surface area contributed by atoms with Gasteiger partial charge in [0, 0.05) is 74.7 Å². The third-order valence-electron chi connectivity index (χ3n) is 6.39. The fourth-order valence-corrected chi connectivity index (χ4v) is 5.79. The van der Waals surface area contributed by atoms with Crippen molar-refractivity contribution in [2.75, 3.05) is 70.8 Å². The maximum Gasteiger partial charge on any atom is 0.303 e. The number of carboxylic acid groups (broad SMARTS) is 1. The first-order chi connectivity index (χ1) is 22.4. The highest BCUT2D eigenvalue weighted by Gasteiger charge is 2.06. The first kappa shape index (κ1) is 41.4. The zero-order chi connectivity index (χ0) is 33.5. The fourth-order valence-electron chi connectivity index (χ4n) is 3.89. The number of amides is 3. The zero-order valence-electron chi connectivity index (χ0n) is 26.8. The highest BCUT2D eigenvalue weighted by Crippen LogP contribution is 2.21. The Balaban J connectivity index is 1.77. The Bertz CT molecular complexity index is 984. The molecule has 0 heterocycles. The molecule has 1 aromatic rings. The number of hydrogen-bond donors (Lipinski definition) is 4. The van der Waals surface area contributed by atoms with Crippen LogP contribution in [0.15, 0.2) is 24.3 Å². The zero-order valence-corrected chi connectivity index (χ0v) is 28.4. The summed E-state index contributed by atoms with van der Waals surface area (Å²) in [5.74, 6) is 0.524. The summed E-state index contributed by atoms with van der Waals surface area (Å²) in [7, 11) is 3.20. The number of carbonyl (C=O) groups excluding carboxylic acids is 4. The van der Waals surface area contributed by atoms with Crippen LogP contribution in [0.1, 0.15) is 84.9 Å². The molecule has 0 saturated carbocycles. The van der Waals surface area contributed by atoms with E-state index in [1.165, 1.54) is 0 Å². The van der Waals surface area contributed by atoms with Crippen LogP contribution >= 0.6 is 21.6 Å². The maximum atomic E-state index is 12.1. The van der Waals surface area contributed by atoms with Gasteiger partial charge in [-0.05, 0) is 37.8 Å². The van der Waals surface area contributed by atoms with Gasteiger partial charge in [-0.3, -0.25) is 24.0 Å². The molecule has 3 amide bonds. The van der Waals surface area contributed by atoms with Gasteiger partial charge in [0.2, 0.25) is 11.8 Å². The first-order valence-electron chi connectivity index (χ1n) is 16.0. The number of aliphatic carboxylic acids is 1. The van der Waals surface area contributed by atoms with Crippen molar-refractivity contribution in [3.05, 3.63) is 35.4 Å². The quantitative estimate of drug-likeness (QED) is 0.0509. The monoisotopic (exact) mass is 685 g/mol. The molecule has 0 aliphatic carbocycles. The summed E-state index contributed by atoms with van der Waals surface area (Å²) in [6, 6.07) is 6.46. The van der Waals surface area contributed by atoms with E-state index in [1.54, 1.807) is 45.9 Å². The van der Waals surface area contributed by atoms with Gasteiger partial charge in [0.1, 0.15) is 6.29 Å². The van der Waals surface area contributed by atoms with Crippen molar-refractivity contribution < 1.29 is 43.3 Å². The Morgan fingerprint density at radius 3 is 1.72 bits per heavy atom. The number of unbranched alkanes of at least 4 members (excludes halogenated alkanes) is 4. The molecular formula is C32H51N3O9S2. The van der Waals surface area contributed by atoms with Crippen molar-refractivity contribution in [2.45, 2.75) is 64.2 Å². The van der Waals surface area contributed by atoms with Gasteiger partial charge in [-0.15, -0.1) is 0 Å². The Morgan fingerprint density at radius 1 is 0.609 bits per heavy atom. The third kappa shape index (κ3) is 25.5. The van der Waals surface area contributed by atoms with E-state index in [0.717, 1.165) is 50.6 Å². The highest BCUT2D eigenvalue weighted by molar-refractivity contribution is 8.76. The Morgan fingerprint density at radius 2 is 1.13 bits per heavy atom. The van der Waals surface area contributed by atoms with Crippen molar-refractivity contribution in [3.8, 4) is 0 Å². The Labute approximate surface area is 280 Å². The lowest BCUT2D eigenvalue weighted by Gasteiger charge is -2.08. The van der Waals surface area contributed by atoms with E-state index in [0.29, 0.717) is 95.4 Å². The molecule has 1 rings (SSSR count). The van der Waals surface area contributed by atoms with E-state index < -0.39 is 5.97 Å². The summed E-state index contributed by atoms with van der Waals surface area (Å²) >= 11 is 0. The number of nitrogens with one attached hydrogen (secondary N) is 3. The number of carbonyl (C=O) groups is 5. The molecule has 0 bridgehead atoms. The van der Waals surface area contributed by atoms with Crippen LogP contribution in [0.2, 0.25) is 0 Å². The predicted octanol–water partition coefficient (Wildman–Crippen LogP) is 3.88. The lowest BCUT2D eigenvalue weighted by atomic mass is 10.1. The molecule has 0 atom stereocenters. The minimum absolute atomic E-state index is 0.00388. The van der Waals surface area contributed by atoms with Crippen molar-refractivity contribution in [1.82, 2.24) is 16.0 Å².